The number of rotatable bonds is 4. The molecule has 2 aromatic heterocycles. The lowest BCUT2D eigenvalue weighted by Crippen LogP contribution is -2.17. The monoisotopic (exact) mass is 410 g/mol. The van der Waals surface area contributed by atoms with Gasteiger partial charge < -0.3 is 4.57 Å². The van der Waals surface area contributed by atoms with Crippen molar-refractivity contribution in [2.45, 2.75) is 20.8 Å². The molecule has 0 saturated heterocycles. The lowest BCUT2D eigenvalue weighted by atomic mass is 10.2. The van der Waals surface area contributed by atoms with Crippen molar-refractivity contribution in [3.05, 3.63) is 81.3 Å². The predicted octanol–water partition coefficient (Wildman–Crippen LogP) is 4.32. The van der Waals surface area contributed by atoms with Crippen LogP contribution in [0.3, 0.4) is 0 Å². The number of aryl methyl sites for hydroxylation is 2. The summed E-state index contributed by atoms with van der Waals surface area (Å²) in [5.74, 6) is -0.286. The molecule has 1 amide bonds. The van der Waals surface area contributed by atoms with Gasteiger partial charge in [0.15, 0.2) is 0 Å². The Morgan fingerprint density at radius 1 is 1.23 bits per heavy atom. The Kier molecular flexibility index (Phi) is 5.32. The highest BCUT2D eigenvalue weighted by molar-refractivity contribution is 9.10. The summed E-state index contributed by atoms with van der Waals surface area (Å²) < 4.78 is 3.23. The minimum Gasteiger partial charge on any atom is -0.318 e. The Balaban J connectivity index is 1.81. The van der Waals surface area contributed by atoms with Crippen molar-refractivity contribution in [3.63, 3.8) is 0 Å². The first kappa shape index (κ1) is 18.1. The smallest absolute Gasteiger partial charge is 0.272 e. The zero-order chi connectivity index (χ0) is 18.7. The van der Waals surface area contributed by atoms with Crippen LogP contribution in [-0.2, 0) is 0 Å². The van der Waals surface area contributed by atoms with Crippen molar-refractivity contribution in [2.24, 2.45) is 5.10 Å². The largest absolute Gasteiger partial charge is 0.318 e. The third-order valence-electron chi connectivity index (χ3n) is 4.18. The number of amides is 1. The molecule has 3 rings (SSSR count). The van der Waals surface area contributed by atoms with E-state index in [1.54, 1.807) is 24.5 Å². The normalized spacial score (nSPS) is 11.1. The molecule has 0 aliphatic rings. The number of carbonyl (C=O) groups is 1. The van der Waals surface area contributed by atoms with E-state index in [0.29, 0.717) is 5.56 Å². The van der Waals surface area contributed by atoms with Crippen molar-refractivity contribution in [1.82, 2.24) is 15.0 Å². The zero-order valence-electron chi connectivity index (χ0n) is 14.8. The second-order valence-electron chi connectivity index (χ2n) is 6.04. The molecule has 6 heteroatoms. The number of hydrogen-bond donors (Lipinski definition) is 1. The minimum absolute atomic E-state index is 0.286. The maximum absolute atomic E-state index is 12.0. The van der Waals surface area contributed by atoms with Gasteiger partial charge in [0.2, 0.25) is 0 Å². The summed E-state index contributed by atoms with van der Waals surface area (Å²) in [6, 6.07) is 11.7. The number of aromatic nitrogens is 2. The Hall–Kier alpha value is -2.73. The number of hydrazone groups is 1. The van der Waals surface area contributed by atoms with E-state index in [-0.39, 0.29) is 5.91 Å². The van der Waals surface area contributed by atoms with E-state index in [9.17, 15) is 4.79 Å². The molecule has 0 unspecified atom stereocenters. The second-order valence-corrected chi connectivity index (χ2v) is 6.89. The molecular formula is C20H19BrN4O. The van der Waals surface area contributed by atoms with E-state index < -0.39 is 0 Å². The van der Waals surface area contributed by atoms with Crippen LogP contribution in [-0.4, -0.2) is 21.7 Å². The fourth-order valence-electron chi connectivity index (χ4n) is 2.76. The van der Waals surface area contributed by atoms with E-state index in [4.69, 9.17) is 0 Å². The first-order valence-corrected chi connectivity index (χ1v) is 8.95. The van der Waals surface area contributed by atoms with Gasteiger partial charge in [-0.3, -0.25) is 9.78 Å². The third-order valence-corrected chi connectivity index (χ3v) is 5.03. The molecule has 0 fully saturated rings. The first-order valence-electron chi connectivity index (χ1n) is 8.16. The molecular weight excluding hydrogens is 392 g/mol. The number of pyridine rings is 1. The van der Waals surface area contributed by atoms with Gasteiger partial charge in [0.1, 0.15) is 0 Å². The summed E-state index contributed by atoms with van der Waals surface area (Å²) in [5.41, 5.74) is 8.38. The van der Waals surface area contributed by atoms with Crippen LogP contribution in [0.1, 0.15) is 32.9 Å². The van der Waals surface area contributed by atoms with E-state index in [2.05, 4.69) is 61.1 Å². The predicted molar refractivity (Wildman–Crippen MR) is 107 cm³/mol. The van der Waals surface area contributed by atoms with Crippen molar-refractivity contribution in [2.75, 3.05) is 0 Å². The van der Waals surface area contributed by atoms with Crippen molar-refractivity contribution < 1.29 is 4.79 Å². The Morgan fingerprint density at radius 2 is 2.04 bits per heavy atom. The third kappa shape index (κ3) is 3.75. The molecule has 3 aromatic rings. The maximum atomic E-state index is 12.0. The number of carbonyl (C=O) groups excluding carboxylic acids is 1. The van der Waals surface area contributed by atoms with Crippen LogP contribution in [0.2, 0.25) is 0 Å². The molecule has 0 aliphatic heterocycles. The van der Waals surface area contributed by atoms with Crippen LogP contribution in [0, 0.1) is 20.8 Å². The van der Waals surface area contributed by atoms with E-state index in [1.165, 1.54) is 11.8 Å². The van der Waals surface area contributed by atoms with Crippen molar-refractivity contribution >= 4 is 28.1 Å². The molecule has 1 N–H and O–H groups in total. The van der Waals surface area contributed by atoms with Gasteiger partial charge in [-0.05, 0) is 56.7 Å². The quantitative estimate of drug-likeness (QED) is 0.514. The lowest BCUT2D eigenvalue weighted by molar-refractivity contribution is 0.0955. The Bertz CT molecular complexity index is 977. The van der Waals surface area contributed by atoms with Crippen LogP contribution < -0.4 is 5.43 Å². The zero-order valence-corrected chi connectivity index (χ0v) is 16.4. The topological polar surface area (TPSA) is 59.3 Å². The average molecular weight is 411 g/mol. The fraction of sp³-hybridized carbons (Fsp3) is 0.150. The molecule has 0 aliphatic carbocycles. The molecule has 0 bridgehead atoms. The highest BCUT2D eigenvalue weighted by Gasteiger charge is 2.10. The number of halogens is 1. The fourth-order valence-corrected chi connectivity index (χ4v) is 3.13. The summed E-state index contributed by atoms with van der Waals surface area (Å²) in [6.07, 6.45) is 4.79. The van der Waals surface area contributed by atoms with Gasteiger partial charge in [-0.25, -0.2) is 5.43 Å². The number of nitrogens with zero attached hydrogens (tertiary/aromatic N) is 3. The van der Waals surface area contributed by atoms with Crippen molar-refractivity contribution in [3.8, 4) is 5.69 Å². The Labute approximate surface area is 160 Å². The van der Waals surface area contributed by atoms with E-state index in [0.717, 1.165) is 27.1 Å². The molecule has 5 nitrogen and oxygen atoms in total. The maximum Gasteiger partial charge on any atom is 0.272 e. The van der Waals surface area contributed by atoms with Crippen LogP contribution in [0.5, 0.6) is 0 Å². The van der Waals surface area contributed by atoms with Gasteiger partial charge in [-0.2, -0.15) is 5.10 Å². The SMILES string of the molecule is Cc1ccc(-n2c(C)cc(/C=N/NC(=O)c3cccnc3)c2C)cc1Br. The van der Waals surface area contributed by atoms with Gasteiger partial charge >= 0.3 is 0 Å². The summed E-state index contributed by atoms with van der Waals surface area (Å²) in [6.45, 7) is 6.14. The number of nitrogens with one attached hydrogen (secondary N) is 1. The van der Waals surface area contributed by atoms with Gasteiger partial charge in [0.25, 0.3) is 5.91 Å². The molecule has 26 heavy (non-hydrogen) atoms. The number of benzene rings is 1. The molecule has 0 spiro atoms. The highest BCUT2D eigenvalue weighted by Crippen LogP contribution is 2.24. The summed E-state index contributed by atoms with van der Waals surface area (Å²) in [4.78, 5) is 15.9. The van der Waals surface area contributed by atoms with Gasteiger partial charge in [-0.15, -0.1) is 0 Å². The number of hydrogen-bond acceptors (Lipinski definition) is 3. The summed E-state index contributed by atoms with van der Waals surface area (Å²) in [5, 5.41) is 4.08. The van der Waals surface area contributed by atoms with Crippen LogP contribution in [0.25, 0.3) is 5.69 Å². The van der Waals surface area contributed by atoms with Gasteiger partial charge in [-0.1, -0.05) is 22.0 Å². The summed E-state index contributed by atoms with van der Waals surface area (Å²) in [7, 11) is 0. The van der Waals surface area contributed by atoms with Crippen LogP contribution >= 0.6 is 15.9 Å². The summed E-state index contributed by atoms with van der Waals surface area (Å²) >= 11 is 3.59. The molecule has 2 heterocycles. The van der Waals surface area contributed by atoms with Crippen LogP contribution in [0.4, 0.5) is 0 Å². The van der Waals surface area contributed by atoms with Crippen molar-refractivity contribution in [1.29, 1.82) is 0 Å². The van der Waals surface area contributed by atoms with Crippen LogP contribution in [0.15, 0.2) is 58.4 Å². The van der Waals surface area contributed by atoms with E-state index in [1.807, 2.05) is 19.9 Å². The second kappa shape index (κ2) is 7.66. The molecule has 0 atom stereocenters. The van der Waals surface area contributed by atoms with Gasteiger partial charge in [0, 0.05) is 39.5 Å². The van der Waals surface area contributed by atoms with E-state index >= 15 is 0 Å². The molecule has 0 radical (unpaired) electrons. The minimum atomic E-state index is -0.286. The highest BCUT2D eigenvalue weighted by atomic mass is 79.9. The molecule has 1 aromatic carbocycles. The average Bonchev–Trinajstić information content (AvgIpc) is 2.92. The van der Waals surface area contributed by atoms with Gasteiger partial charge in [0.05, 0.1) is 11.8 Å². The lowest BCUT2D eigenvalue weighted by Gasteiger charge is -2.11. The molecule has 132 valence electrons. The standard InChI is InChI=1S/C20H19BrN4O/c1-13-6-7-18(10-19(13)21)25-14(2)9-17(15(25)3)12-23-24-20(26)16-5-4-8-22-11-16/h4-12H,1-3H3,(H,24,26)/b23-12+. The Morgan fingerprint density at radius 3 is 2.73 bits per heavy atom. The first-order chi connectivity index (χ1) is 12.5. The molecule has 0 saturated carbocycles.